The van der Waals surface area contributed by atoms with Crippen molar-refractivity contribution in [2.45, 2.75) is 59.6 Å². The van der Waals surface area contributed by atoms with Gasteiger partial charge in [0.15, 0.2) is 0 Å². The van der Waals surface area contributed by atoms with Gasteiger partial charge >= 0.3 is 6.18 Å². The van der Waals surface area contributed by atoms with E-state index in [1.165, 1.54) is 30.2 Å². The van der Waals surface area contributed by atoms with Gasteiger partial charge in [-0.15, -0.1) is 11.3 Å². The monoisotopic (exact) mass is 608 g/mol. The summed E-state index contributed by atoms with van der Waals surface area (Å²) in [7, 11) is 0. The van der Waals surface area contributed by atoms with Crippen LogP contribution in [-0.2, 0) is 11.8 Å². The van der Waals surface area contributed by atoms with E-state index in [0.717, 1.165) is 48.6 Å². The number of hydrogen-bond acceptors (Lipinski definition) is 3. The van der Waals surface area contributed by atoms with Crippen LogP contribution in [0.3, 0.4) is 0 Å². The summed E-state index contributed by atoms with van der Waals surface area (Å²) in [4.78, 5) is 10.6. The zero-order valence-electron chi connectivity index (χ0n) is 25.8. The molecule has 0 atom stereocenters. The highest BCUT2D eigenvalue weighted by atomic mass is 32.1. The van der Waals surface area contributed by atoms with Gasteiger partial charge in [-0.1, -0.05) is 107 Å². The van der Waals surface area contributed by atoms with Crippen LogP contribution in [0.5, 0.6) is 0 Å². The zero-order chi connectivity index (χ0) is 31.4. The molecule has 0 fully saturated rings. The van der Waals surface area contributed by atoms with Crippen LogP contribution < -0.4 is 0 Å². The minimum Gasteiger partial charge on any atom is -0.235 e. The maximum Gasteiger partial charge on any atom is 0.394 e. The molecule has 0 aliphatic carbocycles. The van der Waals surface area contributed by atoms with Crippen LogP contribution in [0.25, 0.3) is 53.8 Å². The van der Waals surface area contributed by atoms with Crippen molar-refractivity contribution in [3.63, 3.8) is 0 Å². The Kier molecular flexibility index (Phi) is 7.40. The molecule has 4 aromatic carbocycles. The lowest BCUT2D eigenvalue weighted by Crippen LogP contribution is -2.34. The molecule has 6 heteroatoms. The van der Waals surface area contributed by atoms with Crippen molar-refractivity contribution >= 4 is 32.3 Å². The first-order valence-electron chi connectivity index (χ1n) is 14.8. The van der Waals surface area contributed by atoms with Crippen LogP contribution in [0.4, 0.5) is 13.2 Å². The second kappa shape index (κ2) is 10.8. The fraction of sp³-hybridized carbons (Fsp3) is 0.263. The normalized spacial score (nSPS) is 12.8. The molecule has 2 heterocycles. The molecule has 0 amide bonds. The maximum absolute atomic E-state index is 13.4. The number of alkyl halides is 3. The summed E-state index contributed by atoms with van der Waals surface area (Å²) in [6.45, 7) is 11.3. The van der Waals surface area contributed by atoms with Gasteiger partial charge in [-0.2, -0.15) is 13.2 Å². The van der Waals surface area contributed by atoms with Crippen LogP contribution in [-0.4, -0.2) is 16.1 Å². The average Bonchev–Trinajstić information content (AvgIpc) is 3.32. The van der Waals surface area contributed by atoms with Gasteiger partial charge in [-0.05, 0) is 75.0 Å². The van der Waals surface area contributed by atoms with E-state index in [1.54, 1.807) is 29.8 Å². The first-order chi connectivity index (χ1) is 20.7. The number of aryl methyl sites for hydroxylation is 1. The first kappa shape index (κ1) is 30.0. The van der Waals surface area contributed by atoms with Crippen molar-refractivity contribution in [2.75, 3.05) is 0 Å². The molecule has 0 N–H and O–H groups in total. The Balaban J connectivity index is 1.34. The third kappa shape index (κ3) is 5.52. The second-order valence-electron chi connectivity index (χ2n) is 13.3. The number of hydrogen-bond donors (Lipinski definition) is 0. The van der Waals surface area contributed by atoms with E-state index in [0.29, 0.717) is 5.56 Å². The minimum absolute atomic E-state index is 0.0278. The molecule has 0 radical (unpaired) electrons. The van der Waals surface area contributed by atoms with Gasteiger partial charge in [0.25, 0.3) is 0 Å². The summed E-state index contributed by atoms with van der Waals surface area (Å²) >= 11 is 1.71. The van der Waals surface area contributed by atoms with Crippen molar-refractivity contribution in [1.82, 2.24) is 9.97 Å². The van der Waals surface area contributed by atoms with Gasteiger partial charge in [0.2, 0.25) is 0 Å². The molecule has 0 aliphatic rings. The molecule has 6 rings (SSSR count). The molecule has 44 heavy (non-hydrogen) atoms. The lowest BCUT2D eigenvalue weighted by molar-refractivity contribution is -0.211. The second-order valence-corrected chi connectivity index (χ2v) is 14.3. The Morgan fingerprint density at radius 1 is 0.705 bits per heavy atom. The Hall–Kier alpha value is -4.03. The molecule has 2 nitrogen and oxygen atoms in total. The summed E-state index contributed by atoms with van der Waals surface area (Å²) < 4.78 is 41.1. The molecule has 6 aromatic rings. The number of halogens is 3. The van der Waals surface area contributed by atoms with Crippen molar-refractivity contribution in [3.8, 4) is 32.8 Å². The fourth-order valence-corrected chi connectivity index (χ4v) is 7.09. The van der Waals surface area contributed by atoms with Gasteiger partial charge in [0, 0.05) is 10.4 Å². The Morgan fingerprint density at radius 3 is 1.95 bits per heavy atom. The fourth-order valence-electron chi connectivity index (χ4n) is 5.81. The van der Waals surface area contributed by atoms with Gasteiger partial charge in [-0.25, -0.2) is 9.97 Å². The number of nitrogens with zero attached hydrogens (tertiary/aromatic N) is 2. The van der Waals surface area contributed by atoms with Crippen LogP contribution >= 0.6 is 11.3 Å². The predicted molar refractivity (Wildman–Crippen MR) is 178 cm³/mol. The Morgan fingerprint density at radius 2 is 1.32 bits per heavy atom. The quantitative estimate of drug-likeness (QED) is 0.195. The topological polar surface area (TPSA) is 25.8 Å². The van der Waals surface area contributed by atoms with E-state index in [1.807, 2.05) is 12.1 Å². The SMILES string of the molecule is Cc1c(-c2ccc(-c3ccc(CC(C)(C)C(F)(F)F)cc3)cc2)sc2c(-c3cc(C(C)(C)C)c4ccccc4c3)ncnc12. The number of aromatic nitrogens is 2. The van der Waals surface area contributed by atoms with E-state index in [2.05, 4.69) is 93.3 Å². The highest BCUT2D eigenvalue weighted by Crippen LogP contribution is 2.43. The number of thiophene rings is 1. The highest BCUT2D eigenvalue weighted by Gasteiger charge is 2.46. The molecule has 2 aromatic heterocycles. The molecule has 0 spiro atoms. The number of benzene rings is 4. The molecule has 0 unspecified atom stereocenters. The third-order valence-electron chi connectivity index (χ3n) is 8.49. The molecule has 0 saturated carbocycles. The van der Waals surface area contributed by atoms with E-state index in [-0.39, 0.29) is 11.8 Å². The van der Waals surface area contributed by atoms with E-state index >= 15 is 0 Å². The summed E-state index contributed by atoms with van der Waals surface area (Å²) in [6, 6.07) is 28.8. The van der Waals surface area contributed by atoms with Crippen molar-refractivity contribution in [1.29, 1.82) is 0 Å². The molecule has 224 valence electrons. The van der Waals surface area contributed by atoms with Crippen LogP contribution in [0.1, 0.15) is 51.3 Å². The third-order valence-corrected chi connectivity index (χ3v) is 9.83. The number of rotatable bonds is 5. The Bertz CT molecular complexity index is 1980. The van der Waals surface area contributed by atoms with Gasteiger partial charge in [0.1, 0.15) is 6.33 Å². The lowest BCUT2D eigenvalue weighted by Gasteiger charge is -2.27. The van der Waals surface area contributed by atoms with Gasteiger partial charge < -0.3 is 0 Å². The van der Waals surface area contributed by atoms with Gasteiger partial charge in [-0.3, -0.25) is 0 Å². The summed E-state index contributed by atoms with van der Waals surface area (Å²) in [5.41, 5.74) is 7.35. The highest BCUT2D eigenvalue weighted by molar-refractivity contribution is 7.23. The number of fused-ring (bicyclic) bond motifs is 2. The van der Waals surface area contributed by atoms with E-state index in [4.69, 9.17) is 4.98 Å². The molecular formula is C38H35F3N2S. The van der Waals surface area contributed by atoms with Crippen molar-refractivity contribution < 1.29 is 13.2 Å². The first-order valence-corrected chi connectivity index (χ1v) is 15.6. The van der Waals surface area contributed by atoms with Crippen LogP contribution in [0, 0.1) is 12.3 Å². The predicted octanol–water partition coefficient (Wildman–Crippen LogP) is 11.6. The van der Waals surface area contributed by atoms with Crippen molar-refractivity contribution in [3.05, 3.63) is 108 Å². The van der Waals surface area contributed by atoms with Gasteiger partial charge in [0.05, 0.1) is 21.3 Å². The Labute approximate surface area is 260 Å². The summed E-state index contributed by atoms with van der Waals surface area (Å²) in [6.07, 6.45) is -2.64. The summed E-state index contributed by atoms with van der Waals surface area (Å²) in [5.74, 6) is 0. The average molecular weight is 609 g/mol. The van der Waals surface area contributed by atoms with Crippen LogP contribution in [0.2, 0.25) is 0 Å². The van der Waals surface area contributed by atoms with E-state index < -0.39 is 11.6 Å². The van der Waals surface area contributed by atoms with E-state index in [9.17, 15) is 13.2 Å². The van der Waals surface area contributed by atoms with Crippen molar-refractivity contribution in [2.24, 2.45) is 5.41 Å². The minimum atomic E-state index is -4.25. The molecule has 0 bridgehead atoms. The molecular weight excluding hydrogens is 573 g/mol. The smallest absolute Gasteiger partial charge is 0.235 e. The zero-order valence-corrected chi connectivity index (χ0v) is 26.6. The standard InChI is InChI=1S/C38H35F3N2S/c1-23-32-35(33(43-22-42-32)29-19-28-9-7-8-10-30(28)31(20-29)36(2,3)4)44-34(23)27-17-15-26(16-18-27)25-13-11-24(12-14-25)21-37(5,6)38(39,40)41/h7-20,22H,21H2,1-6H3. The lowest BCUT2D eigenvalue weighted by atomic mass is 9.82. The summed E-state index contributed by atoms with van der Waals surface area (Å²) in [5, 5.41) is 2.46. The van der Waals surface area contributed by atoms with Crippen LogP contribution in [0.15, 0.2) is 91.3 Å². The maximum atomic E-state index is 13.4. The molecule has 0 aliphatic heterocycles. The largest absolute Gasteiger partial charge is 0.394 e. The molecule has 0 saturated heterocycles.